The van der Waals surface area contributed by atoms with E-state index < -0.39 is 29.4 Å². The number of nitrogens with zero attached hydrogens (tertiary/aromatic N) is 3. The van der Waals surface area contributed by atoms with Gasteiger partial charge in [0.25, 0.3) is 6.47 Å². The zero-order chi connectivity index (χ0) is 42.8. The van der Waals surface area contributed by atoms with Crippen LogP contribution in [0.4, 0.5) is 28.9 Å². The number of methoxy groups -OCH3 is 1. The third kappa shape index (κ3) is 11.4. The summed E-state index contributed by atoms with van der Waals surface area (Å²) in [7, 11) is 5.63. The molecule has 1 aliphatic rings. The van der Waals surface area contributed by atoms with E-state index >= 15 is 0 Å². The number of anilines is 2. The van der Waals surface area contributed by atoms with Crippen molar-refractivity contribution in [1.29, 1.82) is 0 Å². The Bertz CT molecular complexity index is 2360. The van der Waals surface area contributed by atoms with Crippen molar-refractivity contribution < 1.29 is 36.6 Å². The molecule has 6 aromatic rings. The maximum absolute atomic E-state index is 14.7. The van der Waals surface area contributed by atoms with Crippen molar-refractivity contribution in [3.05, 3.63) is 149 Å². The van der Waals surface area contributed by atoms with Crippen LogP contribution in [0.3, 0.4) is 0 Å². The number of rotatable bonds is 13. The molecule has 1 fully saturated rings. The number of alkyl halides is 3. The number of fused-ring (bicyclic) bond motifs is 1. The van der Waals surface area contributed by atoms with Crippen molar-refractivity contribution in [2.45, 2.75) is 62.4 Å². The standard InChI is InChI=1S/C38H39F4N5O2S.C8H8O2/c1-23-44-35-21-32(14-16-36(35)46(23)2)50-47(3)30-10-7-25(8-11-30)26-17-27(19-29(18-26)43-22-24-5-12-31(49-4)13-6-24)37(48)45-34-15-9-28(20-33(34)39)38(40,41)42;9-7-10-6-8-4-2-1-3-5-8/h5-16,20-21,26-27,29,43H,17-19,22H2,1-4H3,(H,45,48);1-5,7H,6H2. The predicted octanol–water partition coefficient (Wildman–Crippen LogP) is 10.2. The van der Waals surface area contributed by atoms with Gasteiger partial charge >= 0.3 is 6.18 Å². The van der Waals surface area contributed by atoms with E-state index in [1.165, 1.54) is 0 Å². The quantitative estimate of drug-likeness (QED) is 0.0674. The smallest absolute Gasteiger partial charge is 0.416 e. The molecule has 0 bridgehead atoms. The lowest BCUT2D eigenvalue weighted by Gasteiger charge is -2.35. The maximum atomic E-state index is 14.7. The highest BCUT2D eigenvalue weighted by Crippen LogP contribution is 2.39. The van der Waals surface area contributed by atoms with E-state index in [0.717, 1.165) is 68.4 Å². The first kappa shape index (κ1) is 43.7. The first-order valence-electron chi connectivity index (χ1n) is 19.4. The largest absolute Gasteiger partial charge is 0.497 e. The van der Waals surface area contributed by atoms with Crippen LogP contribution in [0.25, 0.3) is 11.0 Å². The zero-order valence-corrected chi connectivity index (χ0v) is 34.5. The Balaban J connectivity index is 0.000000529. The topological polar surface area (TPSA) is 97.7 Å². The second-order valence-corrected chi connectivity index (χ2v) is 15.9. The van der Waals surface area contributed by atoms with Gasteiger partial charge in [0.2, 0.25) is 5.91 Å². The minimum absolute atomic E-state index is 0.0205. The van der Waals surface area contributed by atoms with Crippen molar-refractivity contribution in [1.82, 2.24) is 14.9 Å². The van der Waals surface area contributed by atoms with Crippen LogP contribution in [0.1, 0.15) is 53.3 Å². The van der Waals surface area contributed by atoms with Gasteiger partial charge in [-0.3, -0.25) is 9.59 Å². The summed E-state index contributed by atoms with van der Waals surface area (Å²) >= 11 is 1.60. The van der Waals surface area contributed by atoms with Gasteiger partial charge in [-0.15, -0.1) is 0 Å². The number of hydrogen-bond acceptors (Lipinski definition) is 8. The number of halogens is 4. The van der Waals surface area contributed by atoms with E-state index in [2.05, 4.69) is 71.7 Å². The minimum atomic E-state index is -4.68. The molecule has 9 nitrogen and oxygen atoms in total. The molecular weight excluding hydrogens is 795 g/mol. The molecule has 0 radical (unpaired) electrons. The number of benzene rings is 5. The molecule has 1 aliphatic carbocycles. The lowest BCUT2D eigenvalue weighted by Crippen LogP contribution is -2.40. The summed E-state index contributed by atoms with van der Waals surface area (Å²) in [4.78, 5) is 29.0. The van der Waals surface area contributed by atoms with Crippen LogP contribution < -0.4 is 19.7 Å². The number of carbonyl (C=O) groups is 2. The van der Waals surface area contributed by atoms with Crippen LogP contribution in [0, 0.1) is 18.7 Å². The number of nitrogens with one attached hydrogen (secondary N) is 2. The van der Waals surface area contributed by atoms with Crippen molar-refractivity contribution in [3.8, 4) is 5.75 Å². The zero-order valence-electron chi connectivity index (χ0n) is 33.7. The highest BCUT2D eigenvalue weighted by atomic mass is 32.2. The predicted molar refractivity (Wildman–Crippen MR) is 227 cm³/mol. The van der Waals surface area contributed by atoms with Crippen LogP contribution in [-0.2, 0) is 40.7 Å². The average Bonchev–Trinajstić information content (AvgIpc) is 3.54. The summed E-state index contributed by atoms with van der Waals surface area (Å²) in [5.74, 6) is -0.298. The van der Waals surface area contributed by atoms with Gasteiger partial charge in [0.1, 0.15) is 24.0 Å². The molecule has 0 saturated heterocycles. The molecule has 3 atom stereocenters. The van der Waals surface area contributed by atoms with E-state index in [4.69, 9.17) is 4.74 Å². The Morgan fingerprint density at radius 3 is 2.33 bits per heavy atom. The molecule has 314 valence electrons. The Kier molecular flexibility index (Phi) is 14.5. The normalized spacial score (nSPS) is 16.4. The van der Waals surface area contributed by atoms with Gasteiger partial charge < -0.3 is 29.0 Å². The maximum Gasteiger partial charge on any atom is 0.416 e. The highest BCUT2D eigenvalue weighted by Gasteiger charge is 2.35. The first-order chi connectivity index (χ1) is 28.8. The van der Waals surface area contributed by atoms with Crippen molar-refractivity contribution in [2.75, 3.05) is 23.8 Å². The molecule has 2 N–H and O–H groups in total. The average molecular weight is 842 g/mol. The van der Waals surface area contributed by atoms with E-state index in [0.29, 0.717) is 38.5 Å². The van der Waals surface area contributed by atoms with Gasteiger partial charge in [0.05, 0.1) is 29.4 Å². The molecule has 5 aromatic carbocycles. The Labute approximate surface area is 351 Å². The van der Waals surface area contributed by atoms with Gasteiger partial charge in [0, 0.05) is 43.2 Å². The fourth-order valence-corrected chi connectivity index (χ4v) is 8.07. The number of hydrogen-bond donors (Lipinski definition) is 2. The van der Waals surface area contributed by atoms with Crippen LogP contribution in [0.15, 0.2) is 120 Å². The molecule has 60 heavy (non-hydrogen) atoms. The summed E-state index contributed by atoms with van der Waals surface area (Å²) in [6, 6.07) is 33.9. The van der Waals surface area contributed by atoms with Crippen molar-refractivity contribution in [2.24, 2.45) is 13.0 Å². The fraction of sp³-hybridized carbons (Fsp3) is 0.283. The monoisotopic (exact) mass is 841 g/mol. The molecule has 1 aromatic heterocycles. The molecular formula is C46H47F4N5O4S. The molecule has 7 rings (SSSR count). The second-order valence-electron chi connectivity index (χ2n) is 14.7. The van der Waals surface area contributed by atoms with E-state index in [1.807, 2.05) is 75.6 Å². The van der Waals surface area contributed by atoms with Crippen molar-refractivity contribution >= 4 is 46.7 Å². The summed E-state index contributed by atoms with van der Waals surface area (Å²) in [6.07, 6.45) is -2.89. The second kappa shape index (κ2) is 19.9. The number of amides is 1. The molecule has 14 heteroatoms. The first-order valence-corrected chi connectivity index (χ1v) is 20.2. The van der Waals surface area contributed by atoms with Gasteiger partial charge in [-0.2, -0.15) is 13.2 Å². The van der Waals surface area contributed by atoms with Crippen LogP contribution in [0.2, 0.25) is 0 Å². The summed E-state index contributed by atoms with van der Waals surface area (Å²) < 4.78 is 67.9. The van der Waals surface area contributed by atoms with E-state index in [9.17, 15) is 27.2 Å². The molecule has 3 unspecified atom stereocenters. The lowest BCUT2D eigenvalue weighted by molar-refractivity contribution is -0.137. The Morgan fingerprint density at radius 1 is 0.933 bits per heavy atom. The number of carbonyl (C=O) groups excluding carboxylic acids is 2. The minimum Gasteiger partial charge on any atom is -0.497 e. The fourth-order valence-electron chi connectivity index (χ4n) is 7.23. The lowest BCUT2D eigenvalue weighted by atomic mass is 9.75. The van der Waals surface area contributed by atoms with E-state index in [1.54, 1.807) is 19.1 Å². The van der Waals surface area contributed by atoms with Gasteiger partial charge in [-0.25, -0.2) is 9.37 Å². The summed E-state index contributed by atoms with van der Waals surface area (Å²) in [5.41, 5.74) is 4.81. The summed E-state index contributed by atoms with van der Waals surface area (Å²) in [6.45, 7) is 3.38. The highest BCUT2D eigenvalue weighted by molar-refractivity contribution is 8.00. The van der Waals surface area contributed by atoms with Crippen LogP contribution in [-0.4, -0.2) is 42.1 Å². The van der Waals surface area contributed by atoms with Gasteiger partial charge in [-0.05, 0) is 121 Å². The van der Waals surface area contributed by atoms with Crippen molar-refractivity contribution in [3.63, 3.8) is 0 Å². The third-order valence-electron chi connectivity index (χ3n) is 10.6. The number of aromatic nitrogens is 2. The van der Waals surface area contributed by atoms with E-state index in [-0.39, 0.29) is 17.6 Å². The van der Waals surface area contributed by atoms with Crippen LogP contribution >= 0.6 is 11.9 Å². The molecule has 0 aliphatic heterocycles. The number of aryl methyl sites for hydroxylation is 2. The Hall–Kier alpha value is -5.86. The number of ether oxygens (including phenoxy) is 2. The van der Waals surface area contributed by atoms with Crippen LogP contribution in [0.5, 0.6) is 5.75 Å². The SMILES string of the molecule is COc1ccc(CNC2CC(C(=O)Nc3ccc(C(F)(F)F)cc3F)CC(c3ccc(N(C)Sc4ccc5c(c4)nc(C)n5C)cc3)C2)cc1.O=COCc1ccccc1. The summed E-state index contributed by atoms with van der Waals surface area (Å²) in [5, 5.41) is 6.16. The Morgan fingerprint density at radius 2 is 1.67 bits per heavy atom. The molecule has 1 saturated carbocycles. The van der Waals surface area contributed by atoms with Gasteiger partial charge in [-0.1, -0.05) is 54.6 Å². The molecule has 1 amide bonds. The third-order valence-corrected chi connectivity index (χ3v) is 11.5. The molecule has 1 heterocycles. The number of imidazole rings is 1. The van der Waals surface area contributed by atoms with Gasteiger partial charge in [0.15, 0.2) is 0 Å². The molecule has 0 spiro atoms.